The zero-order valence-electron chi connectivity index (χ0n) is 8.70. The predicted octanol–water partition coefficient (Wildman–Crippen LogP) is 2.40. The maximum Gasteiger partial charge on any atom is 0.303 e. The Kier molecular flexibility index (Phi) is 4.31. The Labute approximate surface area is 97.8 Å². The van der Waals surface area contributed by atoms with Gasteiger partial charge in [-0.25, -0.2) is 0 Å². The Morgan fingerprint density at radius 1 is 1.38 bits per heavy atom. The first kappa shape index (κ1) is 12.5. The summed E-state index contributed by atoms with van der Waals surface area (Å²) in [6.07, 6.45) is -0.269. The molecule has 86 valence electrons. The lowest BCUT2D eigenvalue weighted by Crippen LogP contribution is -2.04. The Hall–Kier alpha value is -1.55. The van der Waals surface area contributed by atoms with E-state index in [2.05, 4.69) is 0 Å². The molecule has 5 heteroatoms. The molecule has 0 aliphatic heterocycles. The van der Waals surface area contributed by atoms with Crippen LogP contribution in [-0.4, -0.2) is 24.0 Å². The van der Waals surface area contributed by atoms with Crippen molar-refractivity contribution in [2.75, 3.05) is 7.11 Å². The summed E-state index contributed by atoms with van der Waals surface area (Å²) < 4.78 is 4.96. The van der Waals surface area contributed by atoms with Crippen LogP contribution in [0.25, 0.3) is 0 Å². The van der Waals surface area contributed by atoms with E-state index in [0.29, 0.717) is 16.3 Å². The second-order valence-electron chi connectivity index (χ2n) is 3.16. The van der Waals surface area contributed by atoms with Crippen LogP contribution in [0.2, 0.25) is 5.02 Å². The number of carboxylic acids is 1. The van der Waals surface area contributed by atoms with Crippen molar-refractivity contribution >= 4 is 23.4 Å². The summed E-state index contributed by atoms with van der Waals surface area (Å²) in [7, 11) is 1.48. The minimum absolute atomic E-state index is 0.0672. The summed E-state index contributed by atoms with van der Waals surface area (Å²) in [6.45, 7) is 0. The summed E-state index contributed by atoms with van der Waals surface area (Å²) in [5, 5.41) is 8.77. The molecule has 0 fully saturated rings. The Morgan fingerprint density at radius 3 is 2.62 bits per heavy atom. The Morgan fingerprint density at radius 2 is 2.06 bits per heavy atom. The lowest BCUT2D eigenvalue weighted by Gasteiger charge is -2.05. The summed E-state index contributed by atoms with van der Waals surface area (Å²) in [4.78, 5) is 22.0. The van der Waals surface area contributed by atoms with Crippen molar-refractivity contribution in [2.45, 2.75) is 12.8 Å². The highest BCUT2D eigenvalue weighted by Crippen LogP contribution is 2.23. The number of carboxylic acid groups (broad SMARTS) is 1. The van der Waals surface area contributed by atoms with Gasteiger partial charge in [-0.3, -0.25) is 9.59 Å². The molecule has 0 atom stereocenters. The second kappa shape index (κ2) is 5.51. The summed E-state index contributed by atoms with van der Waals surface area (Å²) >= 11 is 5.84. The fraction of sp³-hybridized carbons (Fsp3) is 0.273. The smallest absolute Gasteiger partial charge is 0.303 e. The van der Waals surface area contributed by atoms with Gasteiger partial charge < -0.3 is 9.84 Å². The van der Waals surface area contributed by atoms with Crippen LogP contribution in [0.5, 0.6) is 5.75 Å². The third-order valence-electron chi connectivity index (χ3n) is 2.04. The number of carbonyl (C=O) groups is 2. The van der Waals surface area contributed by atoms with Crippen LogP contribution in [0, 0.1) is 0 Å². The lowest BCUT2D eigenvalue weighted by atomic mass is 10.1. The highest BCUT2D eigenvalue weighted by Gasteiger charge is 2.13. The van der Waals surface area contributed by atoms with Crippen molar-refractivity contribution in [2.24, 2.45) is 0 Å². The quantitative estimate of drug-likeness (QED) is 0.806. The van der Waals surface area contributed by atoms with Crippen LogP contribution in [0.3, 0.4) is 0 Å². The van der Waals surface area contributed by atoms with E-state index in [1.165, 1.54) is 13.2 Å². The van der Waals surface area contributed by atoms with Crippen molar-refractivity contribution < 1.29 is 19.4 Å². The summed E-state index contributed by atoms with van der Waals surface area (Å²) in [6, 6.07) is 4.69. The number of ether oxygens (including phenoxy) is 1. The van der Waals surface area contributed by atoms with Gasteiger partial charge in [0.25, 0.3) is 0 Å². The maximum atomic E-state index is 11.6. The molecule has 0 spiro atoms. The van der Waals surface area contributed by atoms with Gasteiger partial charge in [-0.2, -0.15) is 0 Å². The van der Waals surface area contributed by atoms with Crippen molar-refractivity contribution in [1.82, 2.24) is 0 Å². The molecule has 0 aliphatic rings. The van der Waals surface area contributed by atoms with Gasteiger partial charge in [0.05, 0.1) is 18.6 Å². The number of carbonyl (C=O) groups excluding carboxylic acids is 1. The molecule has 0 aromatic heterocycles. The minimum Gasteiger partial charge on any atom is -0.497 e. The molecule has 0 saturated heterocycles. The highest BCUT2D eigenvalue weighted by molar-refractivity contribution is 6.34. The first-order valence-electron chi connectivity index (χ1n) is 4.63. The van der Waals surface area contributed by atoms with E-state index in [-0.39, 0.29) is 18.6 Å². The predicted molar refractivity (Wildman–Crippen MR) is 59.2 cm³/mol. The zero-order valence-corrected chi connectivity index (χ0v) is 9.45. The van der Waals surface area contributed by atoms with E-state index >= 15 is 0 Å². The number of halogens is 1. The molecule has 1 rings (SSSR count). The number of rotatable bonds is 5. The van der Waals surface area contributed by atoms with Gasteiger partial charge in [0.15, 0.2) is 5.78 Å². The van der Waals surface area contributed by atoms with Crippen LogP contribution in [-0.2, 0) is 4.79 Å². The van der Waals surface area contributed by atoms with Crippen molar-refractivity contribution in [3.8, 4) is 5.75 Å². The van der Waals surface area contributed by atoms with E-state index in [4.69, 9.17) is 21.4 Å². The normalized spacial score (nSPS) is 9.88. The first-order valence-corrected chi connectivity index (χ1v) is 5.01. The monoisotopic (exact) mass is 242 g/mol. The summed E-state index contributed by atoms with van der Waals surface area (Å²) in [5.41, 5.74) is 0.294. The Bertz CT molecular complexity index is 414. The highest BCUT2D eigenvalue weighted by atomic mass is 35.5. The number of benzene rings is 1. The standard InChI is InChI=1S/C11H11ClO4/c1-16-7-2-3-9(12)8(6-7)10(13)4-5-11(14)15/h2-3,6H,4-5H2,1H3,(H,14,15). The molecular weight excluding hydrogens is 232 g/mol. The number of Topliss-reactive ketones (excluding diaryl/α,β-unsaturated/α-hetero) is 1. The van der Waals surface area contributed by atoms with Crippen molar-refractivity contribution in [3.63, 3.8) is 0 Å². The number of ketones is 1. The van der Waals surface area contributed by atoms with E-state index in [1.54, 1.807) is 12.1 Å². The van der Waals surface area contributed by atoms with Crippen LogP contribution in [0.4, 0.5) is 0 Å². The number of aliphatic carboxylic acids is 1. The van der Waals surface area contributed by atoms with Gasteiger partial charge in [0.2, 0.25) is 0 Å². The fourth-order valence-corrected chi connectivity index (χ4v) is 1.42. The molecule has 1 aromatic carbocycles. The number of hydrogen-bond acceptors (Lipinski definition) is 3. The fourth-order valence-electron chi connectivity index (χ4n) is 1.20. The minimum atomic E-state index is -1.01. The number of hydrogen-bond donors (Lipinski definition) is 1. The molecule has 0 aliphatic carbocycles. The van der Waals surface area contributed by atoms with E-state index in [9.17, 15) is 9.59 Å². The van der Waals surface area contributed by atoms with Gasteiger partial charge in [0.1, 0.15) is 5.75 Å². The molecule has 0 saturated carbocycles. The van der Waals surface area contributed by atoms with Gasteiger partial charge in [-0.1, -0.05) is 11.6 Å². The molecule has 0 heterocycles. The Balaban J connectivity index is 2.85. The van der Waals surface area contributed by atoms with E-state index < -0.39 is 5.97 Å². The number of methoxy groups -OCH3 is 1. The summed E-state index contributed by atoms with van der Waals surface area (Å²) in [5.74, 6) is -0.790. The van der Waals surface area contributed by atoms with Crippen LogP contribution in [0.15, 0.2) is 18.2 Å². The third-order valence-corrected chi connectivity index (χ3v) is 2.37. The van der Waals surface area contributed by atoms with Gasteiger partial charge in [-0.15, -0.1) is 0 Å². The largest absolute Gasteiger partial charge is 0.497 e. The molecule has 0 unspecified atom stereocenters. The van der Waals surface area contributed by atoms with Crippen LogP contribution < -0.4 is 4.74 Å². The molecule has 0 radical (unpaired) electrons. The lowest BCUT2D eigenvalue weighted by molar-refractivity contribution is -0.136. The van der Waals surface area contributed by atoms with Crippen LogP contribution in [0.1, 0.15) is 23.2 Å². The molecule has 0 bridgehead atoms. The second-order valence-corrected chi connectivity index (χ2v) is 3.57. The first-order chi connectivity index (χ1) is 7.54. The SMILES string of the molecule is COc1ccc(Cl)c(C(=O)CCC(=O)O)c1. The zero-order chi connectivity index (χ0) is 12.1. The van der Waals surface area contributed by atoms with Gasteiger partial charge in [-0.05, 0) is 18.2 Å². The molecule has 0 amide bonds. The average Bonchev–Trinajstić information content (AvgIpc) is 2.26. The molecular formula is C11H11ClO4. The maximum absolute atomic E-state index is 11.6. The van der Waals surface area contributed by atoms with Crippen molar-refractivity contribution in [1.29, 1.82) is 0 Å². The molecule has 4 nitrogen and oxygen atoms in total. The van der Waals surface area contributed by atoms with Gasteiger partial charge >= 0.3 is 5.97 Å². The molecule has 1 N–H and O–H groups in total. The van der Waals surface area contributed by atoms with Crippen LogP contribution >= 0.6 is 11.6 Å². The van der Waals surface area contributed by atoms with E-state index in [0.717, 1.165) is 0 Å². The van der Waals surface area contributed by atoms with Gasteiger partial charge in [0, 0.05) is 12.0 Å². The third kappa shape index (κ3) is 3.24. The van der Waals surface area contributed by atoms with Crippen molar-refractivity contribution in [3.05, 3.63) is 28.8 Å². The molecule has 1 aromatic rings. The molecule has 16 heavy (non-hydrogen) atoms. The average molecular weight is 243 g/mol. The van der Waals surface area contributed by atoms with E-state index in [1.807, 2.05) is 0 Å². The topological polar surface area (TPSA) is 63.6 Å².